The van der Waals surface area contributed by atoms with Gasteiger partial charge in [-0.1, -0.05) is 6.07 Å². The summed E-state index contributed by atoms with van der Waals surface area (Å²) < 4.78 is 0. The van der Waals surface area contributed by atoms with Crippen LogP contribution in [0, 0.1) is 13.8 Å². The normalized spacial score (nSPS) is 10.1. The third-order valence-electron chi connectivity index (χ3n) is 2.53. The first-order chi connectivity index (χ1) is 8.17. The van der Waals surface area contributed by atoms with Gasteiger partial charge in [-0.15, -0.1) is 0 Å². The minimum absolute atomic E-state index is 0.861. The smallest absolute Gasteiger partial charge is 0.127 e. The highest BCUT2D eigenvalue weighted by Crippen LogP contribution is 2.20. The van der Waals surface area contributed by atoms with Crippen LogP contribution < -0.4 is 10.6 Å². The zero-order valence-corrected chi connectivity index (χ0v) is 10.4. The minimum Gasteiger partial charge on any atom is -0.373 e. The van der Waals surface area contributed by atoms with Gasteiger partial charge in [0.25, 0.3) is 0 Å². The zero-order valence-electron chi connectivity index (χ0n) is 10.4. The fourth-order valence-electron chi connectivity index (χ4n) is 1.86. The first-order valence-corrected chi connectivity index (χ1v) is 5.66. The molecule has 0 fully saturated rings. The van der Waals surface area contributed by atoms with Gasteiger partial charge in [0.05, 0.1) is 0 Å². The fourth-order valence-corrected chi connectivity index (χ4v) is 1.86. The van der Waals surface area contributed by atoms with Crippen molar-refractivity contribution in [3.8, 4) is 0 Å². The monoisotopic (exact) mass is 227 g/mol. The highest BCUT2D eigenvalue weighted by molar-refractivity contribution is 5.63. The lowest BCUT2D eigenvalue weighted by Gasteiger charge is -2.09. The molecule has 0 atom stereocenters. The predicted octanol–water partition coefficient (Wildman–Crippen LogP) is 3.48. The van der Waals surface area contributed by atoms with Crippen LogP contribution in [0.3, 0.4) is 0 Å². The number of hydrogen-bond donors (Lipinski definition) is 2. The number of pyridine rings is 1. The van der Waals surface area contributed by atoms with Gasteiger partial charge in [0.2, 0.25) is 0 Å². The second-order valence-electron chi connectivity index (χ2n) is 4.18. The molecule has 1 heterocycles. The number of nitrogens with zero attached hydrogens (tertiary/aromatic N) is 1. The molecule has 88 valence electrons. The summed E-state index contributed by atoms with van der Waals surface area (Å²) in [6, 6.07) is 10.4. The highest BCUT2D eigenvalue weighted by Gasteiger charge is 1.98. The van der Waals surface area contributed by atoms with Gasteiger partial charge in [-0.2, -0.15) is 0 Å². The average molecular weight is 227 g/mol. The molecule has 3 nitrogen and oxygen atoms in total. The van der Waals surface area contributed by atoms with E-state index in [1.54, 1.807) is 6.20 Å². The summed E-state index contributed by atoms with van der Waals surface area (Å²) in [7, 11) is 1.86. The third-order valence-corrected chi connectivity index (χ3v) is 2.53. The summed E-state index contributed by atoms with van der Waals surface area (Å²) in [6.45, 7) is 4.20. The van der Waals surface area contributed by atoms with E-state index in [1.807, 2.05) is 19.2 Å². The van der Waals surface area contributed by atoms with E-state index in [0.29, 0.717) is 0 Å². The number of aromatic nitrogens is 1. The van der Waals surface area contributed by atoms with Crippen LogP contribution in [0.4, 0.5) is 17.2 Å². The first kappa shape index (κ1) is 11.5. The summed E-state index contributed by atoms with van der Waals surface area (Å²) in [4.78, 5) is 4.18. The summed E-state index contributed by atoms with van der Waals surface area (Å²) >= 11 is 0. The van der Waals surface area contributed by atoms with Crippen LogP contribution in [0.5, 0.6) is 0 Å². The lowest BCUT2D eigenvalue weighted by atomic mass is 10.1. The maximum Gasteiger partial charge on any atom is 0.127 e. The van der Waals surface area contributed by atoms with Crippen molar-refractivity contribution in [3.05, 3.63) is 47.7 Å². The van der Waals surface area contributed by atoms with Gasteiger partial charge in [-0.25, -0.2) is 4.98 Å². The molecule has 0 aliphatic heterocycles. The van der Waals surface area contributed by atoms with Gasteiger partial charge < -0.3 is 10.6 Å². The summed E-state index contributed by atoms with van der Waals surface area (Å²) in [5, 5.41) is 6.41. The van der Waals surface area contributed by atoms with Gasteiger partial charge >= 0.3 is 0 Å². The standard InChI is InChI=1S/C14H17N3/c1-10-6-11(2)8-13(7-10)17-12-4-5-16-14(9-12)15-3/h4-9H,1-3H3,(H2,15,16,17). The average Bonchev–Trinajstić information content (AvgIpc) is 2.28. The van der Waals surface area contributed by atoms with E-state index in [1.165, 1.54) is 11.1 Å². The maximum atomic E-state index is 4.18. The SMILES string of the molecule is CNc1cc(Nc2cc(C)cc(C)c2)ccn1. The molecule has 2 aromatic rings. The Labute approximate surface area is 102 Å². The second kappa shape index (κ2) is 4.87. The molecule has 17 heavy (non-hydrogen) atoms. The van der Waals surface area contributed by atoms with Crippen LogP contribution in [0.15, 0.2) is 36.5 Å². The molecule has 0 bridgehead atoms. The number of nitrogens with one attached hydrogen (secondary N) is 2. The highest BCUT2D eigenvalue weighted by atomic mass is 15.0. The molecule has 0 aliphatic rings. The van der Waals surface area contributed by atoms with Crippen LogP contribution in [0.1, 0.15) is 11.1 Å². The zero-order chi connectivity index (χ0) is 12.3. The van der Waals surface area contributed by atoms with Crippen LogP contribution in [-0.4, -0.2) is 12.0 Å². The van der Waals surface area contributed by atoms with Crippen molar-refractivity contribution in [2.75, 3.05) is 17.7 Å². The van der Waals surface area contributed by atoms with E-state index >= 15 is 0 Å². The van der Waals surface area contributed by atoms with Gasteiger partial charge in [-0.3, -0.25) is 0 Å². The molecule has 1 aromatic carbocycles. The Morgan fingerprint density at radius 2 is 1.65 bits per heavy atom. The molecule has 0 saturated heterocycles. The Morgan fingerprint density at radius 1 is 0.941 bits per heavy atom. The van der Waals surface area contributed by atoms with Crippen molar-refractivity contribution in [3.63, 3.8) is 0 Å². The molecule has 1 aromatic heterocycles. The van der Waals surface area contributed by atoms with Crippen LogP contribution >= 0.6 is 0 Å². The van der Waals surface area contributed by atoms with E-state index in [-0.39, 0.29) is 0 Å². The van der Waals surface area contributed by atoms with Gasteiger partial charge in [0.1, 0.15) is 5.82 Å². The van der Waals surface area contributed by atoms with E-state index in [2.05, 4.69) is 47.7 Å². The van der Waals surface area contributed by atoms with E-state index < -0.39 is 0 Å². The summed E-state index contributed by atoms with van der Waals surface area (Å²) in [5.41, 5.74) is 4.66. The maximum absolute atomic E-state index is 4.18. The Hall–Kier alpha value is -2.03. The largest absolute Gasteiger partial charge is 0.373 e. The number of aryl methyl sites for hydroxylation is 2. The molecule has 0 amide bonds. The second-order valence-corrected chi connectivity index (χ2v) is 4.18. The summed E-state index contributed by atoms with van der Waals surface area (Å²) in [5.74, 6) is 0.861. The van der Waals surface area contributed by atoms with Crippen molar-refractivity contribution in [1.29, 1.82) is 0 Å². The Kier molecular flexibility index (Phi) is 3.28. The molecule has 0 unspecified atom stereocenters. The Morgan fingerprint density at radius 3 is 2.29 bits per heavy atom. The van der Waals surface area contributed by atoms with Crippen molar-refractivity contribution in [2.24, 2.45) is 0 Å². The van der Waals surface area contributed by atoms with Crippen LogP contribution in [-0.2, 0) is 0 Å². The molecule has 2 rings (SSSR count). The molecule has 0 spiro atoms. The number of rotatable bonds is 3. The number of benzene rings is 1. The molecule has 0 aliphatic carbocycles. The van der Waals surface area contributed by atoms with Crippen LogP contribution in [0.25, 0.3) is 0 Å². The Bertz CT molecular complexity index is 500. The topological polar surface area (TPSA) is 37.0 Å². The lowest BCUT2D eigenvalue weighted by Crippen LogP contribution is -1.95. The quantitative estimate of drug-likeness (QED) is 0.842. The van der Waals surface area contributed by atoms with E-state index in [0.717, 1.165) is 17.2 Å². The third kappa shape index (κ3) is 2.97. The van der Waals surface area contributed by atoms with Crippen molar-refractivity contribution < 1.29 is 0 Å². The van der Waals surface area contributed by atoms with E-state index in [4.69, 9.17) is 0 Å². The number of anilines is 3. The Balaban J connectivity index is 2.24. The molecule has 0 radical (unpaired) electrons. The van der Waals surface area contributed by atoms with Gasteiger partial charge in [-0.05, 0) is 43.2 Å². The van der Waals surface area contributed by atoms with Gasteiger partial charge in [0, 0.05) is 30.7 Å². The molecular weight excluding hydrogens is 210 g/mol. The van der Waals surface area contributed by atoms with Crippen molar-refractivity contribution in [1.82, 2.24) is 4.98 Å². The molecular formula is C14H17N3. The number of hydrogen-bond acceptors (Lipinski definition) is 3. The van der Waals surface area contributed by atoms with Crippen molar-refractivity contribution >= 4 is 17.2 Å². The van der Waals surface area contributed by atoms with Crippen molar-refractivity contribution in [2.45, 2.75) is 13.8 Å². The first-order valence-electron chi connectivity index (χ1n) is 5.66. The molecule has 0 saturated carbocycles. The lowest BCUT2D eigenvalue weighted by molar-refractivity contribution is 1.28. The summed E-state index contributed by atoms with van der Waals surface area (Å²) in [6.07, 6.45) is 1.79. The van der Waals surface area contributed by atoms with Crippen LogP contribution in [0.2, 0.25) is 0 Å². The minimum atomic E-state index is 0.861. The fraction of sp³-hybridized carbons (Fsp3) is 0.214. The van der Waals surface area contributed by atoms with Gasteiger partial charge in [0.15, 0.2) is 0 Å². The van der Waals surface area contributed by atoms with E-state index in [9.17, 15) is 0 Å². The predicted molar refractivity (Wildman–Crippen MR) is 73.0 cm³/mol. The molecule has 2 N–H and O–H groups in total. The molecule has 3 heteroatoms.